The SMILES string of the molecule is CC1CC(C)(C)N=C(CCCCCCBr)O1. The van der Waals surface area contributed by atoms with Gasteiger partial charge < -0.3 is 4.74 Å². The standard InChI is InChI=1S/C13H24BrNO/c1-11-10-13(2,3)15-12(16-11)8-6-4-5-7-9-14/h11H,4-10H2,1-3H3. The molecule has 1 aliphatic heterocycles. The Morgan fingerprint density at radius 3 is 2.62 bits per heavy atom. The zero-order valence-electron chi connectivity index (χ0n) is 10.8. The molecule has 0 amide bonds. The Labute approximate surface area is 108 Å². The fourth-order valence-corrected chi connectivity index (χ4v) is 2.62. The van der Waals surface area contributed by atoms with Crippen molar-refractivity contribution in [2.24, 2.45) is 4.99 Å². The van der Waals surface area contributed by atoms with E-state index < -0.39 is 0 Å². The zero-order valence-corrected chi connectivity index (χ0v) is 12.3. The van der Waals surface area contributed by atoms with Crippen molar-refractivity contribution in [2.45, 2.75) is 70.9 Å². The largest absolute Gasteiger partial charge is 0.478 e. The highest BCUT2D eigenvalue weighted by Crippen LogP contribution is 2.25. The summed E-state index contributed by atoms with van der Waals surface area (Å²) in [5.41, 5.74) is 0.0723. The van der Waals surface area contributed by atoms with Gasteiger partial charge in [-0.15, -0.1) is 0 Å². The molecule has 1 heterocycles. The summed E-state index contributed by atoms with van der Waals surface area (Å²) in [6.07, 6.45) is 7.42. The van der Waals surface area contributed by atoms with Gasteiger partial charge in [0.15, 0.2) is 5.90 Å². The average Bonchev–Trinajstić information content (AvgIpc) is 2.14. The minimum absolute atomic E-state index is 0.0723. The average molecular weight is 290 g/mol. The Bertz CT molecular complexity index is 238. The second-order valence-electron chi connectivity index (χ2n) is 5.30. The lowest BCUT2D eigenvalue weighted by Crippen LogP contribution is -2.33. The van der Waals surface area contributed by atoms with Gasteiger partial charge in [0.1, 0.15) is 0 Å². The van der Waals surface area contributed by atoms with Crippen molar-refractivity contribution in [3.8, 4) is 0 Å². The van der Waals surface area contributed by atoms with Gasteiger partial charge in [-0.3, -0.25) is 0 Å². The Kier molecular flexibility index (Phi) is 5.81. The number of unbranched alkanes of at least 4 members (excludes halogenated alkanes) is 3. The van der Waals surface area contributed by atoms with Crippen molar-refractivity contribution in [2.75, 3.05) is 5.33 Å². The van der Waals surface area contributed by atoms with Crippen LogP contribution in [-0.2, 0) is 4.74 Å². The molecule has 0 saturated carbocycles. The van der Waals surface area contributed by atoms with Gasteiger partial charge in [0.2, 0.25) is 0 Å². The molecule has 1 aliphatic rings. The number of hydrogen-bond acceptors (Lipinski definition) is 2. The summed E-state index contributed by atoms with van der Waals surface area (Å²) < 4.78 is 5.77. The number of rotatable bonds is 6. The Hall–Kier alpha value is -0.0500. The summed E-state index contributed by atoms with van der Waals surface area (Å²) in [5.74, 6) is 0.975. The third-order valence-electron chi connectivity index (χ3n) is 2.83. The highest BCUT2D eigenvalue weighted by Gasteiger charge is 2.27. The van der Waals surface area contributed by atoms with Crippen molar-refractivity contribution in [3.05, 3.63) is 0 Å². The number of alkyl halides is 1. The molecular weight excluding hydrogens is 266 g/mol. The molecule has 0 aromatic rings. The van der Waals surface area contributed by atoms with Crippen LogP contribution in [0.1, 0.15) is 59.3 Å². The number of ether oxygens (including phenoxy) is 1. The fraction of sp³-hybridized carbons (Fsp3) is 0.923. The summed E-state index contributed by atoms with van der Waals surface area (Å²) in [7, 11) is 0. The first kappa shape index (κ1) is 14.0. The fourth-order valence-electron chi connectivity index (χ4n) is 2.23. The summed E-state index contributed by atoms with van der Waals surface area (Å²) in [6.45, 7) is 6.52. The van der Waals surface area contributed by atoms with Crippen LogP contribution in [0.3, 0.4) is 0 Å². The van der Waals surface area contributed by atoms with E-state index in [0.717, 1.165) is 24.1 Å². The van der Waals surface area contributed by atoms with E-state index in [0.29, 0.717) is 6.10 Å². The number of halogens is 1. The minimum atomic E-state index is 0.0723. The maximum Gasteiger partial charge on any atom is 0.183 e. The number of nitrogens with zero attached hydrogens (tertiary/aromatic N) is 1. The Balaban J connectivity index is 2.28. The van der Waals surface area contributed by atoms with Crippen molar-refractivity contribution in [1.29, 1.82) is 0 Å². The first-order valence-corrected chi connectivity index (χ1v) is 7.47. The van der Waals surface area contributed by atoms with Gasteiger partial charge in [0, 0.05) is 18.2 Å². The maximum atomic E-state index is 5.77. The lowest BCUT2D eigenvalue weighted by Gasteiger charge is -2.31. The van der Waals surface area contributed by atoms with Gasteiger partial charge in [-0.2, -0.15) is 0 Å². The summed E-state index contributed by atoms with van der Waals surface area (Å²) >= 11 is 3.45. The van der Waals surface area contributed by atoms with Gasteiger partial charge >= 0.3 is 0 Å². The molecule has 16 heavy (non-hydrogen) atoms. The monoisotopic (exact) mass is 289 g/mol. The summed E-state index contributed by atoms with van der Waals surface area (Å²) in [6, 6.07) is 0. The molecule has 0 saturated heterocycles. The van der Waals surface area contributed by atoms with E-state index >= 15 is 0 Å². The second kappa shape index (κ2) is 6.63. The van der Waals surface area contributed by atoms with Crippen LogP contribution in [-0.4, -0.2) is 22.9 Å². The molecule has 0 N–H and O–H groups in total. The molecule has 2 nitrogen and oxygen atoms in total. The van der Waals surface area contributed by atoms with Crippen LogP contribution in [0.2, 0.25) is 0 Å². The summed E-state index contributed by atoms with van der Waals surface area (Å²) in [4.78, 5) is 4.67. The predicted octanol–water partition coefficient (Wildman–Crippen LogP) is 4.32. The molecule has 0 spiro atoms. The molecule has 94 valence electrons. The van der Waals surface area contributed by atoms with Gasteiger partial charge in [-0.05, 0) is 33.6 Å². The maximum absolute atomic E-state index is 5.77. The summed E-state index contributed by atoms with van der Waals surface area (Å²) in [5, 5.41) is 1.12. The molecule has 3 heteroatoms. The van der Waals surface area contributed by atoms with E-state index in [1.165, 1.54) is 25.7 Å². The smallest absolute Gasteiger partial charge is 0.183 e. The predicted molar refractivity (Wildman–Crippen MR) is 73.6 cm³/mol. The highest BCUT2D eigenvalue weighted by atomic mass is 79.9. The zero-order chi connectivity index (χ0) is 12.0. The van der Waals surface area contributed by atoms with Crippen LogP contribution >= 0.6 is 15.9 Å². The van der Waals surface area contributed by atoms with E-state index in [-0.39, 0.29) is 5.54 Å². The lowest BCUT2D eigenvalue weighted by molar-refractivity contribution is 0.139. The van der Waals surface area contributed by atoms with Crippen molar-refractivity contribution in [3.63, 3.8) is 0 Å². The molecule has 0 fully saturated rings. The van der Waals surface area contributed by atoms with Crippen LogP contribution in [0.25, 0.3) is 0 Å². The van der Waals surface area contributed by atoms with Crippen molar-refractivity contribution < 1.29 is 4.74 Å². The van der Waals surface area contributed by atoms with E-state index in [1.807, 2.05) is 0 Å². The molecule has 1 unspecified atom stereocenters. The molecule has 1 atom stereocenters. The van der Waals surface area contributed by atoms with Crippen LogP contribution < -0.4 is 0 Å². The van der Waals surface area contributed by atoms with E-state index in [9.17, 15) is 0 Å². The third kappa shape index (κ3) is 5.33. The quantitative estimate of drug-likeness (QED) is 0.527. The molecule has 0 bridgehead atoms. The number of aliphatic imine (C=N–C) groups is 1. The van der Waals surface area contributed by atoms with Gasteiger partial charge in [-0.1, -0.05) is 28.8 Å². The Morgan fingerprint density at radius 1 is 1.31 bits per heavy atom. The molecule has 0 aliphatic carbocycles. The highest BCUT2D eigenvalue weighted by molar-refractivity contribution is 9.09. The Morgan fingerprint density at radius 2 is 2.00 bits per heavy atom. The van der Waals surface area contributed by atoms with E-state index in [2.05, 4.69) is 41.7 Å². The molecule has 1 rings (SSSR count). The minimum Gasteiger partial charge on any atom is -0.478 e. The first-order valence-electron chi connectivity index (χ1n) is 6.35. The first-order chi connectivity index (χ1) is 7.53. The topological polar surface area (TPSA) is 21.6 Å². The van der Waals surface area contributed by atoms with Crippen molar-refractivity contribution in [1.82, 2.24) is 0 Å². The third-order valence-corrected chi connectivity index (χ3v) is 3.39. The van der Waals surface area contributed by atoms with E-state index in [1.54, 1.807) is 0 Å². The van der Waals surface area contributed by atoms with E-state index in [4.69, 9.17) is 4.74 Å². The molecular formula is C13H24BrNO. The van der Waals surface area contributed by atoms with Gasteiger partial charge in [-0.25, -0.2) is 4.99 Å². The van der Waals surface area contributed by atoms with Crippen molar-refractivity contribution >= 4 is 21.8 Å². The van der Waals surface area contributed by atoms with Crippen LogP contribution in [0.15, 0.2) is 4.99 Å². The molecule has 0 aromatic heterocycles. The second-order valence-corrected chi connectivity index (χ2v) is 6.10. The number of hydrogen-bond donors (Lipinski definition) is 0. The molecule has 0 aromatic carbocycles. The van der Waals surface area contributed by atoms with Gasteiger partial charge in [0.25, 0.3) is 0 Å². The van der Waals surface area contributed by atoms with Gasteiger partial charge in [0.05, 0.1) is 11.6 Å². The van der Waals surface area contributed by atoms with Crippen LogP contribution in [0, 0.1) is 0 Å². The lowest BCUT2D eigenvalue weighted by atomic mass is 9.96. The molecule has 0 radical (unpaired) electrons. The normalized spacial score (nSPS) is 23.8. The van der Waals surface area contributed by atoms with Crippen LogP contribution in [0.5, 0.6) is 0 Å². The van der Waals surface area contributed by atoms with Crippen LogP contribution in [0.4, 0.5) is 0 Å².